The Labute approximate surface area is 290 Å². The van der Waals surface area contributed by atoms with Crippen LogP contribution in [0.5, 0.6) is 0 Å². The molecule has 3 aromatic carbocycles. The molecule has 51 heavy (non-hydrogen) atoms. The number of aromatic nitrogens is 3. The van der Waals surface area contributed by atoms with Crippen molar-refractivity contribution in [3.8, 4) is 0 Å². The Hall–Kier alpha value is -7.47. The van der Waals surface area contributed by atoms with E-state index in [1.165, 1.54) is 110 Å². The molecular formula is C39H24N6O6. The number of carbonyl (C=O) groups excluding carboxylic acids is 6. The van der Waals surface area contributed by atoms with E-state index in [1.54, 1.807) is 36.4 Å². The Morgan fingerprint density at radius 1 is 0.294 bits per heavy atom. The third-order valence-corrected chi connectivity index (χ3v) is 7.92. The summed E-state index contributed by atoms with van der Waals surface area (Å²) >= 11 is 0. The molecule has 0 unspecified atom stereocenters. The third kappa shape index (κ3) is 6.16. The van der Waals surface area contributed by atoms with Gasteiger partial charge in [-0.1, -0.05) is 36.4 Å². The number of benzene rings is 3. The molecule has 0 fully saturated rings. The van der Waals surface area contributed by atoms with E-state index in [-0.39, 0.29) is 50.8 Å². The summed E-state index contributed by atoms with van der Waals surface area (Å²) in [5.74, 6) is -5.07. The number of rotatable bonds is 3. The van der Waals surface area contributed by atoms with Gasteiger partial charge in [0.1, 0.15) is 17.5 Å². The molecule has 246 valence electrons. The summed E-state index contributed by atoms with van der Waals surface area (Å²) < 4.78 is 0. The molecule has 12 nitrogen and oxygen atoms in total. The van der Waals surface area contributed by atoms with Gasteiger partial charge in [-0.2, -0.15) is 0 Å². The van der Waals surface area contributed by atoms with Crippen molar-refractivity contribution < 1.29 is 28.8 Å². The van der Waals surface area contributed by atoms with Crippen LogP contribution in [0.3, 0.4) is 0 Å². The predicted octanol–water partition coefficient (Wildman–Crippen LogP) is 5.65. The molecule has 1 aliphatic heterocycles. The third-order valence-electron chi connectivity index (χ3n) is 7.92. The number of fused-ring (bicyclic) bond motifs is 6. The fraction of sp³-hybridized carbons (Fsp3) is 0. The van der Waals surface area contributed by atoms with Crippen molar-refractivity contribution in [2.45, 2.75) is 0 Å². The van der Waals surface area contributed by atoms with Gasteiger partial charge in [0, 0.05) is 52.0 Å². The molecular weight excluding hydrogens is 648 g/mol. The first-order chi connectivity index (χ1) is 24.8. The van der Waals surface area contributed by atoms with Crippen molar-refractivity contribution in [3.05, 3.63) is 179 Å². The number of pyridine rings is 3. The molecule has 6 amide bonds. The topological polar surface area (TPSA) is 151 Å². The first-order valence-corrected chi connectivity index (χ1v) is 15.5. The van der Waals surface area contributed by atoms with Crippen LogP contribution in [0.2, 0.25) is 0 Å². The van der Waals surface area contributed by atoms with Gasteiger partial charge in [0.2, 0.25) is 0 Å². The fourth-order valence-electron chi connectivity index (χ4n) is 5.49. The summed E-state index contributed by atoms with van der Waals surface area (Å²) in [7, 11) is 0. The Balaban J connectivity index is 1.47. The fourth-order valence-corrected chi connectivity index (χ4v) is 5.49. The minimum absolute atomic E-state index is 0.0237. The zero-order valence-corrected chi connectivity index (χ0v) is 26.5. The molecule has 7 rings (SSSR count). The average Bonchev–Trinajstić information content (AvgIpc) is 3.19. The first-order valence-electron chi connectivity index (χ1n) is 15.5. The van der Waals surface area contributed by atoms with E-state index in [0.717, 1.165) is 14.7 Å². The molecule has 0 aliphatic carbocycles. The van der Waals surface area contributed by atoms with Crippen molar-refractivity contribution in [2.24, 2.45) is 0 Å². The highest BCUT2D eigenvalue weighted by Gasteiger charge is 2.33. The lowest BCUT2D eigenvalue weighted by molar-refractivity contribution is 0.0884. The second-order valence-electron chi connectivity index (χ2n) is 11.1. The van der Waals surface area contributed by atoms with Crippen molar-refractivity contribution in [1.82, 2.24) is 15.0 Å². The van der Waals surface area contributed by atoms with Gasteiger partial charge in [-0.15, -0.1) is 0 Å². The molecule has 1 aliphatic rings. The van der Waals surface area contributed by atoms with Gasteiger partial charge >= 0.3 is 0 Å². The van der Waals surface area contributed by atoms with Crippen LogP contribution in [0, 0.1) is 0 Å². The van der Waals surface area contributed by atoms with Crippen LogP contribution in [0.15, 0.2) is 146 Å². The van der Waals surface area contributed by atoms with Crippen LogP contribution in [0.4, 0.5) is 17.5 Å². The molecule has 0 radical (unpaired) electrons. The van der Waals surface area contributed by atoms with Gasteiger partial charge in [-0.25, -0.2) is 29.7 Å². The molecule has 12 heteroatoms. The van der Waals surface area contributed by atoms with Crippen LogP contribution in [0.25, 0.3) is 0 Å². The van der Waals surface area contributed by atoms with E-state index < -0.39 is 35.4 Å². The van der Waals surface area contributed by atoms with Crippen LogP contribution >= 0.6 is 0 Å². The van der Waals surface area contributed by atoms with E-state index in [4.69, 9.17) is 0 Å². The predicted molar refractivity (Wildman–Crippen MR) is 185 cm³/mol. The molecule has 0 N–H and O–H groups in total. The quantitative estimate of drug-likeness (QED) is 0.217. The lowest BCUT2D eigenvalue weighted by Crippen LogP contribution is -2.40. The lowest BCUT2D eigenvalue weighted by Gasteiger charge is -2.23. The average molecular weight is 673 g/mol. The minimum Gasteiger partial charge on any atom is -0.268 e. The Morgan fingerprint density at radius 2 is 0.529 bits per heavy atom. The molecule has 6 bridgehead atoms. The van der Waals surface area contributed by atoms with E-state index in [2.05, 4.69) is 15.0 Å². The van der Waals surface area contributed by atoms with Gasteiger partial charge in [-0.3, -0.25) is 28.8 Å². The number of amides is 6. The van der Waals surface area contributed by atoms with Gasteiger partial charge in [0.15, 0.2) is 0 Å². The second-order valence-corrected chi connectivity index (χ2v) is 11.1. The van der Waals surface area contributed by atoms with Crippen molar-refractivity contribution in [1.29, 1.82) is 0 Å². The zero-order valence-electron chi connectivity index (χ0n) is 26.5. The lowest BCUT2D eigenvalue weighted by atomic mass is 10.0. The molecule has 4 heterocycles. The summed E-state index contributed by atoms with van der Waals surface area (Å²) in [6.45, 7) is 0. The number of nitrogens with zero attached hydrogens (tertiary/aromatic N) is 6. The smallest absolute Gasteiger partial charge is 0.266 e. The van der Waals surface area contributed by atoms with Crippen molar-refractivity contribution >= 4 is 52.9 Å². The van der Waals surface area contributed by atoms with Gasteiger partial charge in [0.25, 0.3) is 35.4 Å². The summed E-state index contributed by atoms with van der Waals surface area (Å²) in [4.78, 5) is 101. The Morgan fingerprint density at radius 3 is 0.725 bits per heavy atom. The van der Waals surface area contributed by atoms with E-state index >= 15 is 0 Å². The Bertz CT molecular complexity index is 1990. The molecule has 0 saturated heterocycles. The van der Waals surface area contributed by atoms with Gasteiger partial charge in [-0.05, 0) is 91.0 Å². The molecule has 0 spiro atoms. The largest absolute Gasteiger partial charge is 0.268 e. The summed E-state index contributed by atoms with van der Waals surface area (Å²) in [6, 6.07) is 30.7. The summed E-state index contributed by atoms with van der Waals surface area (Å²) in [6.07, 6.45) is 4.22. The standard InChI is InChI=1S/C39H24N6O6/c46-34-25-10-7-12-27(22-25)36(48)44(32-17-2-5-20-41-32)38(50)29-14-9-15-30(24-29)39(51)45(33-18-3-6-21-42-33)37(49)28-13-8-11-26(23-28)35(47)43(34)31-16-1-4-19-40-31/h1-24H. The van der Waals surface area contributed by atoms with Crippen molar-refractivity contribution in [2.75, 3.05) is 14.7 Å². The van der Waals surface area contributed by atoms with Crippen LogP contribution < -0.4 is 14.7 Å². The molecule has 3 aromatic heterocycles. The number of hydrogen-bond donors (Lipinski definition) is 0. The van der Waals surface area contributed by atoms with E-state index in [0.29, 0.717) is 0 Å². The molecule has 6 aromatic rings. The zero-order chi connectivity index (χ0) is 35.5. The van der Waals surface area contributed by atoms with Crippen LogP contribution in [-0.2, 0) is 0 Å². The second kappa shape index (κ2) is 13.6. The highest BCUT2D eigenvalue weighted by molar-refractivity contribution is 6.29. The maximum absolute atomic E-state index is 14.2. The molecule has 0 atom stereocenters. The minimum atomic E-state index is -0.833. The van der Waals surface area contributed by atoms with Crippen LogP contribution in [0.1, 0.15) is 62.1 Å². The van der Waals surface area contributed by atoms with E-state index in [1.807, 2.05) is 0 Å². The number of hydrogen-bond acceptors (Lipinski definition) is 9. The maximum Gasteiger partial charge on any atom is 0.266 e. The number of carbonyl (C=O) groups is 6. The SMILES string of the molecule is O=C1c2cccc(c2)C(=O)N(c2ccccn2)C(=O)c2cccc(c2)C(=O)N(c2ccccn2)C(=O)c2cccc(c2)C(=O)N1c1ccccn1. The first kappa shape index (κ1) is 32.1. The number of anilines is 3. The Kier molecular flexibility index (Phi) is 8.54. The molecule has 0 saturated carbocycles. The highest BCUT2D eigenvalue weighted by Crippen LogP contribution is 2.25. The van der Waals surface area contributed by atoms with Crippen LogP contribution in [-0.4, -0.2) is 50.4 Å². The van der Waals surface area contributed by atoms with Gasteiger partial charge < -0.3 is 0 Å². The highest BCUT2D eigenvalue weighted by atomic mass is 16.2. The van der Waals surface area contributed by atoms with Gasteiger partial charge in [0.05, 0.1) is 0 Å². The van der Waals surface area contributed by atoms with Crippen molar-refractivity contribution in [3.63, 3.8) is 0 Å². The summed E-state index contributed by atoms with van der Waals surface area (Å²) in [5.41, 5.74) is -0.358. The monoisotopic (exact) mass is 672 g/mol. The maximum atomic E-state index is 14.2. The number of imide groups is 3. The normalized spacial score (nSPS) is 14.0. The van der Waals surface area contributed by atoms with E-state index in [9.17, 15) is 28.8 Å². The summed E-state index contributed by atoms with van der Waals surface area (Å²) in [5, 5.41) is 0.